The van der Waals surface area contributed by atoms with Crippen LogP contribution >= 0.6 is 15.9 Å². The van der Waals surface area contributed by atoms with E-state index in [9.17, 15) is 0 Å². The molecule has 0 saturated heterocycles. The third-order valence-corrected chi connectivity index (χ3v) is 3.80. The van der Waals surface area contributed by atoms with Crippen molar-refractivity contribution < 1.29 is 0 Å². The molecular formula is C16H14BrN. The topological polar surface area (TPSA) is 12.4 Å². The first-order valence-corrected chi connectivity index (χ1v) is 6.96. The van der Waals surface area contributed by atoms with Gasteiger partial charge in [-0.05, 0) is 29.7 Å². The SMILES string of the molecule is Brc1ccc(C=N[C@@H]2C[C@H]2c2ccccc2)cc1. The number of benzene rings is 2. The molecule has 3 rings (SSSR count). The molecule has 0 aromatic heterocycles. The lowest BCUT2D eigenvalue weighted by atomic mass is 10.1. The molecule has 2 aromatic carbocycles. The van der Waals surface area contributed by atoms with Crippen LogP contribution in [-0.4, -0.2) is 12.3 Å². The van der Waals surface area contributed by atoms with Crippen molar-refractivity contribution in [1.82, 2.24) is 0 Å². The third-order valence-electron chi connectivity index (χ3n) is 3.27. The van der Waals surface area contributed by atoms with Gasteiger partial charge in [0, 0.05) is 16.6 Å². The Bertz CT molecular complexity index is 545. The maximum Gasteiger partial charge on any atom is 0.0575 e. The van der Waals surface area contributed by atoms with Crippen molar-refractivity contribution in [1.29, 1.82) is 0 Å². The summed E-state index contributed by atoms with van der Waals surface area (Å²) in [5.74, 6) is 0.623. The summed E-state index contributed by atoms with van der Waals surface area (Å²) >= 11 is 3.43. The predicted octanol–water partition coefficient (Wildman–Crippen LogP) is 4.42. The third kappa shape index (κ3) is 2.70. The lowest BCUT2D eigenvalue weighted by Gasteiger charge is -1.96. The van der Waals surface area contributed by atoms with Gasteiger partial charge in [-0.1, -0.05) is 58.4 Å². The molecule has 1 aliphatic carbocycles. The first kappa shape index (κ1) is 11.7. The van der Waals surface area contributed by atoms with Gasteiger partial charge in [0.25, 0.3) is 0 Å². The van der Waals surface area contributed by atoms with Gasteiger partial charge in [0.05, 0.1) is 6.04 Å². The highest BCUT2D eigenvalue weighted by Crippen LogP contribution is 2.43. The summed E-state index contributed by atoms with van der Waals surface area (Å²) in [5, 5.41) is 0. The summed E-state index contributed by atoms with van der Waals surface area (Å²) in [4.78, 5) is 4.65. The fourth-order valence-corrected chi connectivity index (χ4v) is 2.40. The van der Waals surface area contributed by atoms with Gasteiger partial charge >= 0.3 is 0 Å². The Labute approximate surface area is 116 Å². The van der Waals surface area contributed by atoms with E-state index in [1.165, 1.54) is 12.0 Å². The lowest BCUT2D eigenvalue weighted by Crippen LogP contribution is -1.87. The van der Waals surface area contributed by atoms with Gasteiger partial charge in [0.2, 0.25) is 0 Å². The molecule has 90 valence electrons. The highest BCUT2D eigenvalue weighted by molar-refractivity contribution is 9.10. The summed E-state index contributed by atoms with van der Waals surface area (Å²) < 4.78 is 1.10. The van der Waals surface area contributed by atoms with Crippen molar-refractivity contribution in [3.63, 3.8) is 0 Å². The summed E-state index contributed by atoms with van der Waals surface area (Å²) in [6.07, 6.45) is 3.16. The van der Waals surface area contributed by atoms with Crippen molar-refractivity contribution in [2.45, 2.75) is 18.4 Å². The smallest absolute Gasteiger partial charge is 0.0575 e. The van der Waals surface area contributed by atoms with Crippen LogP contribution in [0.15, 0.2) is 64.1 Å². The number of aliphatic imine (C=N–C) groups is 1. The van der Waals surface area contributed by atoms with Crippen molar-refractivity contribution in [2.24, 2.45) is 4.99 Å². The van der Waals surface area contributed by atoms with Gasteiger partial charge in [-0.25, -0.2) is 0 Å². The van der Waals surface area contributed by atoms with Crippen molar-refractivity contribution in [3.8, 4) is 0 Å². The fraction of sp³-hybridized carbons (Fsp3) is 0.188. The van der Waals surface area contributed by atoms with Crippen LogP contribution in [0.3, 0.4) is 0 Å². The molecule has 0 bridgehead atoms. The quantitative estimate of drug-likeness (QED) is 0.744. The zero-order valence-electron chi connectivity index (χ0n) is 9.96. The molecule has 0 N–H and O–H groups in total. The molecule has 0 amide bonds. The second-order valence-electron chi connectivity index (χ2n) is 4.65. The van der Waals surface area contributed by atoms with E-state index in [1.54, 1.807) is 0 Å². The molecule has 0 radical (unpaired) electrons. The van der Waals surface area contributed by atoms with Crippen molar-refractivity contribution in [2.75, 3.05) is 0 Å². The molecule has 2 aromatic rings. The molecular weight excluding hydrogens is 286 g/mol. The summed E-state index contributed by atoms with van der Waals surface area (Å²) in [6.45, 7) is 0. The Kier molecular flexibility index (Phi) is 3.28. The highest BCUT2D eigenvalue weighted by atomic mass is 79.9. The standard InChI is InChI=1S/C16H14BrN/c17-14-8-6-12(7-9-14)11-18-16-10-15(16)13-4-2-1-3-5-13/h1-9,11,15-16H,10H2/t15-,16+/m0/s1. The average molecular weight is 300 g/mol. The lowest BCUT2D eigenvalue weighted by molar-refractivity contribution is 0.995. The molecule has 2 heteroatoms. The van der Waals surface area contributed by atoms with E-state index in [2.05, 4.69) is 63.4 Å². The monoisotopic (exact) mass is 299 g/mol. The zero-order valence-corrected chi connectivity index (χ0v) is 11.5. The van der Waals surface area contributed by atoms with Crippen molar-refractivity contribution >= 4 is 22.1 Å². The summed E-state index contributed by atoms with van der Waals surface area (Å²) in [6, 6.07) is 19.4. The van der Waals surface area contributed by atoms with E-state index in [0.717, 1.165) is 10.0 Å². The van der Waals surface area contributed by atoms with Crippen LogP contribution in [0.4, 0.5) is 0 Å². The number of halogens is 1. The van der Waals surface area contributed by atoms with E-state index < -0.39 is 0 Å². The predicted molar refractivity (Wildman–Crippen MR) is 79.3 cm³/mol. The zero-order chi connectivity index (χ0) is 12.4. The second kappa shape index (κ2) is 5.07. The van der Waals surface area contributed by atoms with E-state index >= 15 is 0 Å². The molecule has 1 saturated carbocycles. The van der Waals surface area contributed by atoms with Gasteiger partial charge < -0.3 is 0 Å². The first-order chi connectivity index (χ1) is 8.83. The van der Waals surface area contributed by atoms with Crippen LogP contribution in [-0.2, 0) is 0 Å². The second-order valence-corrected chi connectivity index (χ2v) is 5.57. The van der Waals surface area contributed by atoms with E-state index in [0.29, 0.717) is 12.0 Å². The molecule has 18 heavy (non-hydrogen) atoms. The Morgan fingerprint density at radius 3 is 2.44 bits per heavy atom. The number of hydrogen-bond donors (Lipinski definition) is 0. The normalized spacial score (nSPS) is 22.3. The number of nitrogens with zero attached hydrogens (tertiary/aromatic N) is 1. The maximum atomic E-state index is 4.65. The van der Waals surface area contributed by atoms with Gasteiger partial charge in [0.1, 0.15) is 0 Å². The molecule has 2 atom stereocenters. The molecule has 0 unspecified atom stereocenters. The Morgan fingerprint density at radius 1 is 1.00 bits per heavy atom. The van der Waals surface area contributed by atoms with E-state index in [-0.39, 0.29) is 0 Å². The van der Waals surface area contributed by atoms with Gasteiger partial charge in [0.15, 0.2) is 0 Å². The fourth-order valence-electron chi connectivity index (χ4n) is 2.14. The van der Waals surface area contributed by atoms with Crippen molar-refractivity contribution in [3.05, 3.63) is 70.2 Å². The van der Waals surface area contributed by atoms with Crippen LogP contribution in [0, 0.1) is 0 Å². The minimum Gasteiger partial charge on any atom is -0.289 e. The van der Waals surface area contributed by atoms with Gasteiger partial charge in [-0.2, -0.15) is 0 Å². The van der Waals surface area contributed by atoms with Crippen LogP contribution in [0.1, 0.15) is 23.5 Å². The largest absolute Gasteiger partial charge is 0.289 e. The molecule has 1 aliphatic rings. The molecule has 1 fully saturated rings. The Morgan fingerprint density at radius 2 is 1.72 bits per heavy atom. The number of hydrogen-bond acceptors (Lipinski definition) is 1. The first-order valence-electron chi connectivity index (χ1n) is 6.16. The Hall–Kier alpha value is -1.41. The maximum absolute atomic E-state index is 4.65. The molecule has 0 heterocycles. The summed E-state index contributed by atoms with van der Waals surface area (Å²) in [7, 11) is 0. The molecule has 1 nitrogen and oxygen atoms in total. The minimum atomic E-state index is 0.469. The van der Waals surface area contributed by atoms with E-state index in [1.807, 2.05) is 18.3 Å². The average Bonchev–Trinajstić information content (AvgIpc) is 3.19. The Balaban J connectivity index is 1.64. The van der Waals surface area contributed by atoms with E-state index in [4.69, 9.17) is 0 Å². The molecule has 0 aliphatic heterocycles. The number of rotatable bonds is 3. The van der Waals surface area contributed by atoms with Crippen LogP contribution < -0.4 is 0 Å². The van der Waals surface area contributed by atoms with Gasteiger partial charge in [-0.3, -0.25) is 4.99 Å². The van der Waals surface area contributed by atoms with Crippen LogP contribution in [0.5, 0.6) is 0 Å². The van der Waals surface area contributed by atoms with Crippen LogP contribution in [0.2, 0.25) is 0 Å². The molecule has 0 spiro atoms. The van der Waals surface area contributed by atoms with Crippen LogP contribution in [0.25, 0.3) is 0 Å². The van der Waals surface area contributed by atoms with Gasteiger partial charge in [-0.15, -0.1) is 0 Å². The highest BCUT2D eigenvalue weighted by Gasteiger charge is 2.37. The summed E-state index contributed by atoms with van der Waals surface area (Å²) in [5.41, 5.74) is 2.58. The minimum absolute atomic E-state index is 0.469.